The van der Waals surface area contributed by atoms with Crippen LogP contribution in [0.1, 0.15) is 31.5 Å². The molecular weight excluding hydrogens is 427 g/mol. The Labute approximate surface area is 166 Å². The Bertz CT molecular complexity index is 696. The van der Waals surface area contributed by atoms with Crippen molar-refractivity contribution in [2.45, 2.75) is 39.7 Å². The van der Waals surface area contributed by atoms with Gasteiger partial charge in [-0.05, 0) is 38.3 Å². The molecule has 1 aliphatic rings. The zero-order valence-corrected chi connectivity index (χ0v) is 17.4. The van der Waals surface area contributed by atoms with Crippen molar-refractivity contribution in [3.05, 3.63) is 41.8 Å². The summed E-state index contributed by atoms with van der Waals surface area (Å²) in [5.41, 5.74) is 3.17. The minimum atomic E-state index is 0. The summed E-state index contributed by atoms with van der Waals surface area (Å²) < 4.78 is 5.59. The molecule has 2 unspecified atom stereocenters. The fourth-order valence-corrected chi connectivity index (χ4v) is 2.55. The number of hydrogen-bond acceptors (Lipinski definition) is 3. The van der Waals surface area contributed by atoms with Gasteiger partial charge in [-0.3, -0.25) is 4.99 Å². The van der Waals surface area contributed by atoms with Crippen molar-refractivity contribution in [3.8, 4) is 11.5 Å². The van der Waals surface area contributed by atoms with E-state index in [1.54, 1.807) is 6.26 Å². The fourth-order valence-electron chi connectivity index (χ4n) is 2.55. The summed E-state index contributed by atoms with van der Waals surface area (Å²) >= 11 is 0. The molecule has 0 aliphatic heterocycles. The van der Waals surface area contributed by atoms with E-state index < -0.39 is 0 Å². The topological polar surface area (TPSA) is 62.5 Å². The Balaban J connectivity index is 0.00000225. The van der Waals surface area contributed by atoms with E-state index in [-0.39, 0.29) is 24.0 Å². The predicted molar refractivity (Wildman–Crippen MR) is 112 cm³/mol. The summed E-state index contributed by atoms with van der Waals surface area (Å²) in [6, 6.07) is 8.77. The lowest BCUT2D eigenvalue weighted by Crippen LogP contribution is -2.39. The summed E-state index contributed by atoms with van der Waals surface area (Å²) in [5.74, 6) is 2.32. The molecule has 1 heterocycles. The van der Waals surface area contributed by atoms with Crippen molar-refractivity contribution < 1.29 is 4.42 Å². The van der Waals surface area contributed by atoms with Crippen LogP contribution in [0.15, 0.2) is 39.9 Å². The van der Waals surface area contributed by atoms with Crippen LogP contribution >= 0.6 is 24.0 Å². The number of aromatic nitrogens is 1. The maximum Gasteiger partial charge on any atom is 0.226 e. The van der Waals surface area contributed by atoms with Crippen LogP contribution in [0.2, 0.25) is 0 Å². The third-order valence-electron chi connectivity index (χ3n) is 4.26. The summed E-state index contributed by atoms with van der Waals surface area (Å²) in [5, 5.41) is 6.75. The first-order valence-corrected chi connectivity index (χ1v) is 8.72. The molecule has 0 spiro atoms. The van der Waals surface area contributed by atoms with Gasteiger partial charge >= 0.3 is 0 Å². The van der Waals surface area contributed by atoms with Crippen LogP contribution in [0.5, 0.6) is 0 Å². The van der Waals surface area contributed by atoms with Gasteiger partial charge in [0.15, 0.2) is 5.96 Å². The number of nitrogens with one attached hydrogen (secondary N) is 2. The van der Waals surface area contributed by atoms with Gasteiger partial charge in [0, 0.05) is 31.1 Å². The van der Waals surface area contributed by atoms with Gasteiger partial charge in [-0.15, -0.1) is 24.0 Å². The highest BCUT2D eigenvalue weighted by atomic mass is 127. The van der Waals surface area contributed by atoms with Gasteiger partial charge in [0.05, 0.1) is 5.69 Å². The smallest absolute Gasteiger partial charge is 0.226 e. The number of rotatable bonds is 6. The molecule has 1 saturated carbocycles. The van der Waals surface area contributed by atoms with Crippen molar-refractivity contribution in [2.24, 2.45) is 10.9 Å². The molecule has 2 N–H and O–H groups in total. The SMILES string of the molecule is CCNC(=NCCc1coc(-c2ccc(C)cc2)n1)NC1CC1C.I. The molecule has 0 radical (unpaired) electrons. The molecule has 3 rings (SSSR count). The Morgan fingerprint density at radius 3 is 2.68 bits per heavy atom. The number of nitrogens with zero attached hydrogens (tertiary/aromatic N) is 2. The standard InChI is InChI=1S/C19H26N4O.HI/c1-4-20-19(23-17-11-14(17)3)21-10-9-16-12-24-18(22-16)15-7-5-13(2)6-8-15;/h5-8,12,14,17H,4,9-11H2,1-3H3,(H2,20,21,23);1H. The maximum absolute atomic E-state index is 5.59. The predicted octanol–water partition coefficient (Wildman–Crippen LogP) is 3.77. The van der Waals surface area contributed by atoms with Gasteiger partial charge in [-0.2, -0.15) is 0 Å². The van der Waals surface area contributed by atoms with Crippen LogP contribution in [0.25, 0.3) is 11.5 Å². The van der Waals surface area contributed by atoms with E-state index >= 15 is 0 Å². The van der Waals surface area contributed by atoms with E-state index in [1.807, 2.05) is 12.1 Å². The van der Waals surface area contributed by atoms with Crippen LogP contribution in [-0.2, 0) is 6.42 Å². The number of aryl methyl sites for hydroxylation is 1. The van der Waals surface area contributed by atoms with Crippen molar-refractivity contribution in [1.82, 2.24) is 15.6 Å². The minimum Gasteiger partial charge on any atom is -0.444 e. The van der Waals surface area contributed by atoms with Gasteiger partial charge in [0.2, 0.25) is 5.89 Å². The van der Waals surface area contributed by atoms with E-state index in [4.69, 9.17) is 4.42 Å². The largest absolute Gasteiger partial charge is 0.444 e. The normalized spacial score (nSPS) is 19.2. The first-order chi connectivity index (χ1) is 11.7. The van der Waals surface area contributed by atoms with Crippen molar-refractivity contribution >= 4 is 29.9 Å². The Kier molecular flexibility index (Phi) is 7.28. The Morgan fingerprint density at radius 2 is 2.04 bits per heavy atom. The molecule has 5 nitrogen and oxygen atoms in total. The molecule has 136 valence electrons. The van der Waals surface area contributed by atoms with E-state index in [1.165, 1.54) is 12.0 Å². The second-order valence-corrected chi connectivity index (χ2v) is 6.48. The molecule has 1 fully saturated rings. The third kappa shape index (κ3) is 5.73. The van der Waals surface area contributed by atoms with Gasteiger partial charge < -0.3 is 15.1 Å². The number of guanidine groups is 1. The van der Waals surface area contributed by atoms with Crippen LogP contribution in [0.3, 0.4) is 0 Å². The summed E-state index contributed by atoms with van der Waals surface area (Å²) in [6.07, 6.45) is 3.73. The average Bonchev–Trinajstić information content (AvgIpc) is 3.07. The summed E-state index contributed by atoms with van der Waals surface area (Å²) in [4.78, 5) is 9.19. The van der Waals surface area contributed by atoms with Crippen LogP contribution in [0.4, 0.5) is 0 Å². The van der Waals surface area contributed by atoms with E-state index in [2.05, 4.69) is 53.5 Å². The van der Waals surface area contributed by atoms with Crippen molar-refractivity contribution in [3.63, 3.8) is 0 Å². The summed E-state index contributed by atoms with van der Waals surface area (Å²) in [7, 11) is 0. The second kappa shape index (κ2) is 9.22. The van der Waals surface area contributed by atoms with E-state index in [0.29, 0.717) is 18.5 Å². The van der Waals surface area contributed by atoms with Gasteiger partial charge in [-0.25, -0.2) is 4.98 Å². The molecule has 0 bridgehead atoms. The van der Waals surface area contributed by atoms with Gasteiger partial charge in [0.25, 0.3) is 0 Å². The molecule has 1 aliphatic carbocycles. The number of hydrogen-bond donors (Lipinski definition) is 2. The molecule has 1 aromatic heterocycles. The first kappa shape index (κ1) is 19.8. The molecule has 1 aromatic carbocycles. The maximum atomic E-state index is 5.59. The molecule has 2 atom stereocenters. The highest BCUT2D eigenvalue weighted by Crippen LogP contribution is 2.28. The monoisotopic (exact) mass is 454 g/mol. The number of oxazole rings is 1. The number of halogens is 1. The summed E-state index contributed by atoms with van der Waals surface area (Å²) in [6.45, 7) is 7.97. The molecule has 2 aromatic rings. The third-order valence-corrected chi connectivity index (χ3v) is 4.26. The number of benzene rings is 1. The van der Waals surface area contributed by atoms with Gasteiger partial charge in [-0.1, -0.05) is 24.6 Å². The molecule has 25 heavy (non-hydrogen) atoms. The first-order valence-electron chi connectivity index (χ1n) is 8.72. The number of aliphatic imine (C=N–C) groups is 1. The Morgan fingerprint density at radius 1 is 1.32 bits per heavy atom. The lowest BCUT2D eigenvalue weighted by atomic mass is 10.1. The highest BCUT2D eigenvalue weighted by Gasteiger charge is 2.33. The van der Waals surface area contributed by atoms with E-state index in [9.17, 15) is 0 Å². The van der Waals surface area contributed by atoms with Crippen LogP contribution in [0, 0.1) is 12.8 Å². The highest BCUT2D eigenvalue weighted by molar-refractivity contribution is 14.0. The van der Waals surface area contributed by atoms with Crippen molar-refractivity contribution in [1.29, 1.82) is 0 Å². The molecule has 0 amide bonds. The molecule has 6 heteroatoms. The van der Waals surface area contributed by atoms with Crippen LogP contribution < -0.4 is 10.6 Å². The lowest BCUT2D eigenvalue weighted by molar-refractivity contribution is 0.572. The fraction of sp³-hybridized carbons (Fsp3) is 0.474. The molecular formula is C19H27IN4O. The van der Waals surface area contributed by atoms with Crippen LogP contribution in [-0.4, -0.2) is 30.1 Å². The Hall–Kier alpha value is -1.57. The van der Waals surface area contributed by atoms with E-state index in [0.717, 1.165) is 36.1 Å². The zero-order valence-electron chi connectivity index (χ0n) is 15.1. The lowest BCUT2D eigenvalue weighted by Gasteiger charge is -2.10. The quantitative estimate of drug-likeness (QED) is 0.396. The minimum absolute atomic E-state index is 0. The zero-order chi connectivity index (χ0) is 16.9. The second-order valence-electron chi connectivity index (χ2n) is 6.48. The average molecular weight is 454 g/mol. The molecule has 0 saturated heterocycles. The van der Waals surface area contributed by atoms with Gasteiger partial charge in [0.1, 0.15) is 6.26 Å². The van der Waals surface area contributed by atoms with Crippen molar-refractivity contribution in [2.75, 3.05) is 13.1 Å².